The van der Waals surface area contributed by atoms with Crippen LogP contribution in [0.25, 0.3) is 0 Å². The molecule has 0 bridgehead atoms. The van der Waals surface area contributed by atoms with Gasteiger partial charge in [-0.05, 0) is 19.9 Å². The molecule has 0 fully saturated rings. The number of hydrogen-bond acceptors (Lipinski definition) is 4. The summed E-state index contributed by atoms with van der Waals surface area (Å²) in [6, 6.07) is 5.96. The minimum atomic E-state index is -0.158. The molecule has 0 unspecified atom stereocenters. The quantitative estimate of drug-likeness (QED) is 0.784. The highest BCUT2D eigenvalue weighted by atomic mass is 16.6. The van der Waals surface area contributed by atoms with E-state index in [9.17, 15) is 0 Å². The summed E-state index contributed by atoms with van der Waals surface area (Å²) < 4.78 is 16.7. The molecule has 1 aliphatic heterocycles. The van der Waals surface area contributed by atoms with Gasteiger partial charge in [0.25, 0.3) is 0 Å². The van der Waals surface area contributed by atoms with Crippen molar-refractivity contribution in [3.8, 4) is 11.5 Å². The molecule has 0 aromatic heterocycles. The van der Waals surface area contributed by atoms with Crippen molar-refractivity contribution in [2.75, 3.05) is 26.4 Å². The summed E-state index contributed by atoms with van der Waals surface area (Å²) in [5, 5.41) is 8.58. The maximum absolute atomic E-state index is 8.58. The molecule has 0 saturated heterocycles. The molecule has 0 amide bonds. The highest BCUT2D eigenvalue weighted by molar-refractivity contribution is 5.50. The molecule has 18 heavy (non-hydrogen) atoms. The van der Waals surface area contributed by atoms with Gasteiger partial charge in [0, 0.05) is 12.0 Å². The fraction of sp³-hybridized carbons (Fsp3) is 0.571. The summed E-state index contributed by atoms with van der Waals surface area (Å²) in [5.74, 6) is 1.62. The predicted molar refractivity (Wildman–Crippen MR) is 68.3 cm³/mol. The van der Waals surface area contributed by atoms with Crippen LogP contribution in [0.2, 0.25) is 0 Å². The van der Waals surface area contributed by atoms with E-state index in [1.54, 1.807) is 0 Å². The van der Waals surface area contributed by atoms with Crippen molar-refractivity contribution in [1.29, 1.82) is 0 Å². The molecule has 0 saturated carbocycles. The lowest BCUT2D eigenvalue weighted by Crippen LogP contribution is -2.24. The average molecular weight is 252 g/mol. The van der Waals surface area contributed by atoms with E-state index in [1.165, 1.54) is 5.56 Å². The lowest BCUT2D eigenvalue weighted by molar-refractivity contribution is 0.0683. The summed E-state index contributed by atoms with van der Waals surface area (Å²) in [5.41, 5.74) is 1.03. The van der Waals surface area contributed by atoms with E-state index >= 15 is 0 Å². The molecule has 4 nitrogen and oxygen atoms in total. The Morgan fingerprint density at radius 3 is 2.89 bits per heavy atom. The monoisotopic (exact) mass is 252 g/mol. The first-order valence-electron chi connectivity index (χ1n) is 6.25. The van der Waals surface area contributed by atoms with Crippen molar-refractivity contribution in [1.82, 2.24) is 0 Å². The molecular weight excluding hydrogens is 232 g/mol. The van der Waals surface area contributed by atoms with Crippen molar-refractivity contribution in [2.24, 2.45) is 0 Å². The summed E-state index contributed by atoms with van der Waals surface area (Å²) in [7, 11) is 0. The van der Waals surface area contributed by atoms with Crippen LogP contribution >= 0.6 is 0 Å². The van der Waals surface area contributed by atoms with Gasteiger partial charge in [0.1, 0.15) is 12.2 Å². The van der Waals surface area contributed by atoms with E-state index in [1.807, 2.05) is 12.1 Å². The third-order valence-electron chi connectivity index (χ3n) is 2.78. The van der Waals surface area contributed by atoms with Gasteiger partial charge in [-0.2, -0.15) is 0 Å². The maximum atomic E-state index is 8.58. The first-order chi connectivity index (χ1) is 8.62. The van der Waals surface area contributed by atoms with Gasteiger partial charge in [-0.25, -0.2) is 0 Å². The molecule has 0 atom stereocenters. The van der Waals surface area contributed by atoms with E-state index in [0.29, 0.717) is 19.8 Å². The Hall–Kier alpha value is -1.26. The van der Waals surface area contributed by atoms with E-state index < -0.39 is 0 Å². The molecule has 0 aliphatic carbocycles. The number of aliphatic hydroxyl groups excluding tert-OH is 1. The van der Waals surface area contributed by atoms with Crippen molar-refractivity contribution in [3.05, 3.63) is 23.8 Å². The highest BCUT2D eigenvalue weighted by Gasteiger charge is 2.32. The van der Waals surface area contributed by atoms with E-state index in [4.69, 9.17) is 19.3 Å². The number of hydrogen-bond donors (Lipinski definition) is 1. The Bertz CT molecular complexity index is 401. The topological polar surface area (TPSA) is 47.9 Å². The number of ether oxygens (including phenoxy) is 3. The second-order valence-electron chi connectivity index (χ2n) is 4.97. The van der Waals surface area contributed by atoms with Gasteiger partial charge in [0.05, 0.1) is 19.8 Å². The number of rotatable bonds is 6. The van der Waals surface area contributed by atoms with Crippen LogP contribution in [0.3, 0.4) is 0 Å². The molecule has 0 spiro atoms. The SMILES string of the molecule is CC1(C)Cc2cccc(OCCOCCO)c2O1. The average Bonchev–Trinajstić information content (AvgIpc) is 2.63. The molecule has 1 heterocycles. The van der Waals surface area contributed by atoms with E-state index in [2.05, 4.69) is 19.9 Å². The Kier molecular flexibility index (Phi) is 4.09. The molecule has 100 valence electrons. The predicted octanol–water partition coefficient (Wildman–Crippen LogP) is 1.79. The van der Waals surface area contributed by atoms with Crippen LogP contribution in [-0.4, -0.2) is 37.1 Å². The van der Waals surface area contributed by atoms with E-state index in [0.717, 1.165) is 17.9 Å². The van der Waals surface area contributed by atoms with Crippen LogP contribution in [0, 0.1) is 0 Å². The smallest absolute Gasteiger partial charge is 0.165 e. The second kappa shape index (κ2) is 5.59. The molecule has 0 radical (unpaired) electrons. The van der Waals surface area contributed by atoms with Gasteiger partial charge < -0.3 is 19.3 Å². The van der Waals surface area contributed by atoms with Crippen LogP contribution in [0.15, 0.2) is 18.2 Å². The van der Waals surface area contributed by atoms with Gasteiger partial charge in [-0.15, -0.1) is 0 Å². The standard InChI is InChI=1S/C14H20O4/c1-14(2)10-11-4-3-5-12(13(11)18-14)17-9-8-16-7-6-15/h3-5,15H,6-10H2,1-2H3. The molecule has 1 N–H and O–H groups in total. The summed E-state index contributed by atoms with van der Waals surface area (Å²) in [6.07, 6.45) is 0.903. The van der Waals surface area contributed by atoms with Gasteiger partial charge in [0.15, 0.2) is 11.5 Å². The Morgan fingerprint density at radius 2 is 2.11 bits per heavy atom. The van der Waals surface area contributed by atoms with Crippen molar-refractivity contribution in [3.63, 3.8) is 0 Å². The van der Waals surface area contributed by atoms with Crippen LogP contribution in [0.1, 0.15) is 19.4 Å². The number of para-hydroxylation sites is 1. The van der Waals surface area contributed by atoms with Crippen LogP contribution in [0.4, 0.5) is 0 Å². The Balaban J connectivity index is 1.93. The zero-order chi connectivity index (χ0) is 13.0. The van der Waals surface area contributed by atoms with Gasteiger partial charge in [-0.1, -0.05) is 12.1 Å². The normalized spacial score (nSPS) is 16.2. The van der Waals surface area contributed by atoms with Crippen LogP contribution < -0.4 is 9.47 Å². The summed E-state index contributed by atoms with van der Waals surface area (Å²) in [4.78, 5) is 0. The molecule has 1 aliphatic rings. The van der Waals surface area contributed by atoms with Gasteiger partial charge in [-0.3, -0.25) is 0 Å². The lowest BCUT2D eigenvalue weighted by atomic mass is 10.0. The Labute approximate surface area is 107 Å². The zero-order valence-corrected chi connectivity index (χ0v) is 10.9. The summed E-state index contributed by atoms with van der Waals surface area (Å²) in [6.45, 7) is 5.45. The second-order valence-corrected chi connectivity index (χ2v) is 4.97. The largest absolute Gasteiger partial charge is 0.487 e. The Morgan fingerprint density at radius 1 is 1.28 bits per heavy atom. The number of fused-ring (bicyclic) bond motifs is 1. The molecule has 1 aromatic rings. The minimum absolute atomic E-state index is 0.0397. The first kappa shape index (κ1) is 13.2. The van der Waals surface area contributed by atoms with Gasteiger partial charge in [0.2, 0.25) is 0 Å². The van der Waals surface area contributed by atoms with Crippen LogP contribution in [-0.2, 0) is 11.2 Å². The fourth-order valence-corrected chi connectivity index (χ4v) is 2.08. The van der Waals surface area contributed by atoms with Crippen LogP contribution in [0.5, 0.6) is 11.5 Å². The molecule has 1 aromatic carbocycles. The maximum Gasteiger partial charge on any atom is 0.165 e. The first-order valence-corrected chi connectivity index (χ1v) is 6.25. The third-order valence-corrected chi connectivity index (χ3v) is 2.78. The van der Waals surface area contributed by atoms with Crippen molar-refractivity contribution < 1.29 is 19.3 Å². The van der Waals surface area contributed by atoms with E-state index in [-0.39, 0.29) is 12.2 Å². The lowest BCUT2D eigenvalue weighted by Gasteiger charge is -2.18. The van der Waals surface area contributed by atoms with Crippen molar-refractivity contribution in [2.45, 2.75) is 25.9 Å². The van der Waals surface area contributed by atoms with Gasteiger partial charge >= 0.3 is 0 Å². The minimum Gasteiger partial charge on any atom is -0.487 e. The highest BCUT2D eigenvalue weighted by Crippen LogP contribution is 2.41. The molecule has 4 heteroatoms. The molecular formula is C14H20O4. The number of benzene rings is 1. The third kappa shape index (κ3) is 3.15. The molecule has 2 rings (SSSR count). The van der Waals surface area contributed by atoms with Crippen molar-refractivity contribution >= 4 is 0 Å². The zero-order valence-electron chi connectivity index (χ0n) is 10.9. The number of aliphatic hydroxyl groups is 1. The summed E-state index contributed by atoms with van der Waals surface area (Å²) >= 11 is 0. The fourth-order valence-electron chi connectivity index (χ4n) is 2.08.